The molecule has 1 saturated heterocycles. The van der Waals surface area contributed by atoms with Crippen molar-refractivity contribution >= 4 is 34.4 Å². The van der Waals surface area contributed by atoms with Crippen molar-refractivity contribution < 1.29 is 33.7 Å². The number of aryl methyl sites for hydroxylation is 1. The number of hydroxylamine groups is 4. The average Bonchev–Trinajstić information content (AvgIpc) is 2.78. The summed E-state index contributed by atoms with van der Waals surface area (Å²) in [6, 6.07) is 4.75. The highest BCUT2D eigenvalue weighted by Gasteiger charge is 2.55. The Labute approximate surface area is 140 Å². The van der Waals surface area contributed by atoms with E-state index in [2.05, 4.69) is 4.84 Å². The molecule has 0 unspecified atom stereocenters. The first kappa shape index (κ1) is 16.8. The van der Waals surface area contributed by atoms with Crippen molar-refractivity contribution in [3.63, 3.8) is 0 Å². The molecule has 1 aliphatic heterocycles. The Hall–Kier alpha value is -3.04. The van der Waals surface area contributed by atoms with E-state index in [0.717, 1.165) is 0 Å². The molecule has 3 rings (SSSR count). The van der Waals surface area contributed by atoms with Gasteiger partial charge in [0, 0.05) is 17.1 Å². The molecule has 3 N–H and O–H groups in total. The molecule has 0 saturated carbocycles. The van der Waals surface area contributed by atoms with E-state index in [1.807, 2.05) is 0 Å². The van der Waals surface area contributed by atoms with Gasteiger partial charge in [0.25, 0.3) is 0 Å². The number of quaternary nitrogens is 1. The number of amides is 2. The topological polar surface area (TPSA) is 137 Å². The molecule has 9 nitrogen and oxygen atoms in total. The van der Waals surface area contributed by atoms with Gasteiger partial charge in [-0.1, -0.05) is 0 Å². The second-order valence-electron chi connectivity index (χ2n) is 5.75. The number of nitrogen functional groups attached to an aromatic ring is 1. The first-order valence-corrected chi connectivity index (χ1v) is 7.45. The molecule has 0 spiro atoms. The molecule has 1 aromatic heterocycles. The monoisotopic (exact) mass is 347 g/mol. The molecule has 0 radical (unpaired) electrons. The Kier molecular flexibility index (Phi) is 3.90. The van der Waals surface area contributed by atoms with Crippen LogP contribution in [0.1, 0.15) is 24.0 Å². The predicted molar refractivity (Wildman–Crippen MR) is 82.7 cm³/mol. The molecular weight excluding hydrogens is 332 g/mol. The van der Waals surface area contributed by atoms with Crippen molar-refractivity contribution in [2.45, 2.75) is 26.2 Å². The molecule has 2 heterocycles. The van der Waals surface area contributed by atoms with Crippen LogP contribution in [0.5, 0.6) is 0 Å². The fraction of sp³-hybridized carbons (Fsp3) is 0.250. The summed E-state index contributed by atoms with van der Waals surface area (Å²) in [6.07, 6.45) is -1.00. The van der Waals surface area contributed by atoms with Crippen molar-refractivity contribution in [1.82, 2.24) is 0 Å². The number of nitrogens with zero attached hydrogens (tertiary/aromatic N) is 1. The standard InChI is InChI=1S/C16H14N2O7/c1-8-10-3-2-9(17)6-12(10)24-16(22)11(8)7-15(21)25-18(23)13(19)4-5-14(18)20/h2-3,6,23H,4-5,7H2,1H3,(H-,17,22)/p+1. The highest BCUT2D eigenvalue weighted by atomic mass is 17.0. The molecule has 1 aromatic carbocycles. The Morgan fingerprint density at radius 2 is 1.92 bits per heavy atom. The number of fused-ring (bicyclic) bond motifs is 1. The Morgan fingerprint density at radius 3 is 2.56 bits per heavy atom. The zero-order valence-electron chi connectivity index (χ0n) is 13.3. The van der Waals surface area contributed by atoms with E-state index in [1.165, 1.54) is 6.07 Å². The number of imide groups is 1. The Balaban J connectivity index is 1.92. The molecule has 0 atom stereocenters. The predicted octanol–water partition coefficient (Wildman–Crippen LogP) is 0.737. The maximum absolute atomic E-state index is 12.1. The lowest BCUT2D eigenvalue weighted by Crippen LogP contribution is -2.50. The zero-order valence-corrected chi connectivity index (χ0v) is 13.3. The van der Waals surface area contributed by atoms with Crippen LogP contribution in [0.4, 0.5) is 5.69 Å². The van der Waals surface area contributed by atoms with Crippen LogP contribution in [0.25, 0.3) is 11.0 Å². The SMILES string of the molecule is Cc1c(CC(=O)O[N+]2(O)C(=O)CCC2=O)c(=O)oc2cc(N)ccc12. The maximum atomic E-state index is 12.1. The number of benzene rings is 1. The summed E-state index contributed by atoms with van der Waals surface area (Å²) in [7, 11) is 0. The lowest BCUT2D eigenvalue weighted by molar-refractivity contribution is -1.12. The average molecular weight is 347 g/mol. The number of hydrogen-bond acceptors (Lipinski definition) is 8. The minimum atomic E-state index is -2.02. The summed E-state index contributed by atoms with van der Waals surface area (Å²) in [5, 5.41) is 10.5. The molecule has 0 aliphatic carbocycles. The van der Waals surface area contributed by atoms with E-state index in [4.69, 9.17) is 10.2 Å². The van der Waals surface area contributed by atoms with E-state index in [-0.39, 0.29) is 24.0 Å². The second kappa shape index (κ2) is 5.80. The van der Waals surface area contributed by atoms with E-state index in [9.17, 15) is 24.4 Å². The summed E-state index contributed by atoms with van der Waals surface area (Å²) in [6.45, 7) is 1.62. The third kappa shape index (κ3) is 2.79. The molecule has 2 amide bonds. The van der Waals surface area contributed by atoms with Crippen LogP contribution in [-0.4, -0.2) is 27.8 Å². The molecular formula is C16H15N2O7+. The quantitative estimate of drug-likeness (QED) is 0.273. The van der Waals surface area contributed by atoms with Gasteiger partial charge in [0.15, 0.2) is 0 Å². The first-order valence-electron chi connectivity index (χ1n) is 7.45. The molecule has 2 aromatic rings. The van der Waals surface area contributed by atoms with Crippen LogP contribution in [0, 0.1) is 6.92 Å². The highest BCUT2D eigenvalue weighted by molar-refractivity contribution is 5.91. The molecule has 0 bridgehead atoms. The lowest BCUT2D eigenvalue weighted by atomic mass is 10.0. The number of hydrogen-bond donors (Lipinski definition) is 2. The van der Waals surface area contributed by atoms with Crippen LogP contribution < -0.4 is 11.4 Å². The third-order valence-corrected chi connectivity index (χ3v) is 4.10. The fourth-order valence-corrected chi connectivity index (χ4v) is 2.70. The first-order chi connectivity index (χ1) is 11.7. The third-order valence-electron chi connectivity index (χ3n) is 4.10. The van der Waals surface area contributed by atoms with Gasteiger partial charge in [-0.3, -0.25) is 0 Å². The van der Waals surface area contributed by atoms with Gasteiger partial charge in [0.1, 0.15) is 10.4 Å². The number of anilines is 1. The number of rotatable bonds is 3. The molecule has 1 fully saturated rings. The lowest BCUT2D eigenvalue weighted by Gasteiger charge is -2.16. The summed E-state index contributed by atoms with van der Waals surface area (Å²) >= 11 is 0. The minimum Gasteiger partial charge on any atom is -0.422 e. The second-order valence-corrected chi connectivity index (χ2v) is 5.75. The number of carbonyl (C=O) groups is 3. The van der Waals surface area contributed by atoms with Gasteiger partial charge in [-0.2, -0.15) is 5.21 Å². The highest BCUT2D eigenvalue weighted by Crippen LogP contribution is 2.24. The number of nitrogens with two attached hydrogens (primary N) is 1. The van der Waals surface area contributed by atoms with Gasteiger partial charge in [-0.25, -0.2) is 24.0 Å². The van der Waals surface area contributed by atoms with E-state index >= 15 is 0 Å². The smallest absolute Gasteiger partial charge is 0.397 e. The molecule has 9 heteroatoms. The van der Waals surface area contributed by atoms with Crippen LogP contribution in [0.2, 0.25) is 0 Å². The summed E-state index contributed by atoms with van der Waals surface area (Å²) < 4.78 is 5.15. The van der Waals surface area contributed by atoms with Crippen molar-refractivity contribution in [2.75, 3.05) is 5.73 Å². The van der Waals surface area contributed by atoms with Gasteiger partial charge >= 0.3 is 23.4 Å². The normalized spacial score (nSPS) is 16.4. The van der Waals surface area contributed by atoms with Crippen LogP contribution in [0.3, 0.4) is 0 Å². The Morgan fingerprint density at radius 1 is 1.28 bits per heavy atom. The van der Waals surface area contributed by atoms with Crippen molar-refractivity contribution in [2.24, 2.45) is 0 Å². The maximum Gasteiger partial charge on any atom is 0.397 e. The summed E-state index contributed by atoms with van der Waals surface area (Å²) in [5.74, 6) is -2.97. The summed E-state index contributed by atoms with van der Waals surface area (Å²) in [4.78, 5) is 49.9. The Bertz CT molecular complexity index is 960. The molecule has 130 valence electrons. The number of carbonyl (C=O) groups excluding carboxylic acids is 3. The van der Waals surface area contributed by atoms with Crippen molar-refractivity contribution in [3.05, 3.63) is 39.7 Å². The van der Waals surface area contributed by atoms with Crippen LogP contribution in [-0.2, 0) is 25.6 Å². The minimum absolute atomic E-state index is 0.00738. The van der Waals surface area contributed by atoms with Gasteiger partial charge < -0.3 is 10.2 Å². The van der Waals surface area contributed by atoms with Gasteiger partial charge in [0.2, 0.25) is 0 Å². The van der Waals surface area contributed by atoms with Crippen molar-refractivity contribution in [3.8, 4) is 0 Å². The largest absolute Gasteiger partial charge is 0.422 e. The van der Waals surface area contributed by atoms with E-state index < -0.39 is 34.6 Å². The van der Waals surface area contributed by atoms with Gasteiger partial charge in [-0.05, 0) is 24.6 Å². The van der Waals surface area contributed by atoms with Crippen LogP contribution in [0.15, 0.2) is 27.4 Å². The molecule has 1 aliphatic rings. The van der Waals surface area contributed by atoms with Gasteiger partial charge in [0.05, 0.1) is 24.8 Å². The van der Waals surface area contributed by atoms with Crippen molar-refractivity contribution in [1.29, 1.82) is 0 Å². The van der Waals surface area contributed by atoms with E-state index in [0.29, 0.717) is 16.6 Å². The molecule has 25 heavy (non-hydrogen) atoms. The van der Waals surface area contributed by atoms with Crippen LogP contribution >= 0.6 is 0 Å². The summed E-state index contributed by atoms with van der Waals surface area (Å²) in [5.41, 5.74) is 6.05. The van der Waals surface area contributed by atoms with E-state index in [1.54, 1.807) is 19.1 Å². The fourth-order valence-electron chi connectivity index (χ4n) is 2.70. The zero-order chi connectivity index (χ0) is 18.4. The van der Waals surface area contributed by atoms with Gasteiger partial charge in [-0.15, -0.1) is 0 Å².